The summed E-state index contributed by atoms with van der Waals surface area (Å²) in [7, 11) is 0. The predicted molar refractivity (Wildman–Crippen MR) is 284 cm³/mol. The van der Waals surface area contributed by atoms with E-state index in [4.69, 9.17) is 66.3 Å². The van der Waals surface area contributed by atoms with Crippen molar-refractivity contribution in [2.45, 2.75) is 227 Å². The molecule has 1 aromatic carbocycles. The Morgan fingerprint density at radius 1 is 0.337 bits per heavy atom. The molecule has 21 aliphatic heterocycles. The largest absolute Gasteiger partial charge is 0.480 e. The van der Waals surface area contributed by atoms with Gasteiger partial charge in [0, 0.05) is 6.54 Å². The number of benzene rings is 1. The zero-order valence-corrected chi connectivity index (χ0v) is 48.5. The van der Waals surface area contributed by atoms with Gasteiger partial charge in [0.1, 0.15) is 177 Å². The molecule has 14 bridgehead atoms. The number of ether oxygens (including phenoxy) is 14. The van der Waals surface area contributed by atoms with Gasteiger partial charge in [0.2, 0.25) is 5.91 Å². The number of carbonyl (C=O) groups excluding carboxylic acids is 1. The second-order valence-electron chi connectivity index (χ2n) is 23.2. The first-order valence-corrected chi connectivity index (χ1v) is 29.5. The third-order valence-corrected chi connectivity index (χ3v) is 17.2. The van der Waals surface area contributed by atoms with Crippen molar-refractivity contribution in [3.63, 3.8) is 0 Å². The van der Waals surface area contributed by atoms with Crippen LogP contribution < -0.4 is 10.6 Å². The molecule has 1 aromatic rings. The highest BCUT2D eigenvalue weighted by Crippen LogP contribution is 2.39. The van der Waals surface area contributed by atoms with Gasteiger partial charge in [-0.25, -0.2) is 0 Å². The minimum absolute atomic E-state index is 0.129. The van der Waals surface area contributed by atoms with Crippen LogP contribution >= 0.6 is 0 Å². The Labute approximate surface area is 520 Å². The van der Waals surface area contributed by atoms with E-state index in [-0.39, 0.29) is 6.42 Å². The predicted octanol–water partition coefficient (Wildman–Crippen LogP) is -14.8. The van der Waals surface area contributed by atoms with E-state index in [2.05, 4.69) is 10.6 Å². The van der Waals surface area contributed by atoms with Crippen molar-refractivity contribution in [3.05, 3.63) is 35.9 Å². The van der Waals surface area contributed by atoms with E-state index in [1.165, 1.54) is 0 Å². The smallest absolute Gasteiger partial charge is 0.322 e. The van der Waals surface area contributed by atoms with Crippen LogP contribution in [0.4, 0.5) is 0 Å². The summed E-state index contributed by atoms with van der Waals surface area (Å²) < 4.78 is 81.4. The summed E-state index contributed by atoms with van der Waals surface area (Å²) >= 11 is 0. The second-order valence-corrected chi connectivity index (χ2v) is 23.2. The van der Waals surface area contributed by atoms with Crippen molar-refractivity contribution >= 4 is 11.9 Å². The standard InChI is InChI=1S/C53H82N2O37/c56-9-18-40-27(66)34(73)49(81-18)89-42-20(11-58)83-51(36(75)29(42)68)91-44-22(13-60)85-53(38(77)31(44)70)92-45-23(14-61)84-52(37(76)30(45)69)90-43-21(12-59)82-50(35(74)28(43)67)88-41-19(10-57)80-48(33(72)26(41)65)86-39-17(79-47(87-40)32(71)25(39)64)7-54-16(46(78)55-8-24(62)63)6-15-4-2-1-3-5-15/h1-5,16-23,25-45,47-54,56-61,64-77H,6-14H2,(H,55,78)(H,62,63)/t16-,17+,18+,19+,20+,21+,22+,23+,25+,26+,27+,28+,29+,30+,31+,32+,33+,34-,35+,36-,37+,38+,39+,40+,41+,42+,43+,44+,45+,47+,48+,49+,50+,51+,52+,53+/m0/s1. The number of carbonyl (C=O) groups is 2. The van der Waals surface area contributed by atoms with Crippen molar-refractivity contribution in [2.75, 3.05) is 52.7 Å². The molecule has 39 heteroatoms. The molecule has 21 saturated heterocycles. The number of amides is 1. The summed E-state index contributed by atoms with van der Waals surface area (Å²) in [6.07, 6.45) is -72.5. The van der Waals surface area contributed by atoms with Crippen LogP contribution in [0.25, 0.3) is 0 Å². The third kappa shape index (κ3) is 15.5. The van der Waals surface area contributed by atoms with Gasteiger partial charge in [-0.3, -0.25) is 9.59 Å². The number of rotatable bonds is 14. The van der Waals surface area contributed by atoms with Crippen LogP contribution in [0.5, 0.6) is 0 Å². The van der Waals surface area contributed by atoms with E-state index in [9.17, 15) is 117 Å². The van der Waals surface area contributed by atoms with E-state index in [0.717, 1.165) is 0 Å². The molecule has 21 fully saturated rings. The van der Waals surface area contributed by atoms with E-state index in [1.54, 1.807) is 30.3 Å². The quantitative estimate of drug-likeness (QED) is 0.0822. The van der Waals surface area contributed by atoms with Crippen LogP contribution in [0, 0.1) is 0 Å². The lowest BCUT2D eigenvalue weighted by atomic mass is 9.95. The van der Waals surface area contributed by atoms with Gasteiger partial charge < -0.3 is 184 Å². The van der Waals surface area contributed by atoms with Crippen molar-refractivity contribution < 1.29 is 183 Å². The van der Waals surface area contributed by atoms with Crippen LogP contribution in [0.15, 0.2) is 30.3 Å². The molecule has 0 aliphatic carbocycles. The summed E-state index contributed by atoms with van der Waals surface area (Å²) in [5.41, 5.74) is 0.543. The number of carboxylic acids is 1. The molecule has 526 valence electrons. The average Bonchev–Trinajstić information content (AvgIpc) is 0.812. The Morgan fingerprint density at radius 2 is 0.565 bits per heavy atom. The van der Waals surface area contributed by atoms with Crippen molar-refractivity contribution in [1.29, 1.82) is 0 Å². The molecule has 21 heterocycles. The molecule has 23 N–H and O–H groups in total. The lowest BCUT2D eigenvalue weighted by Gasteiger charge is -2.50. The molecule has 1 amide bonds. The molecular weight excluding hydrogens is 1260 g/mol. The minimum atomic E-state index is -2.31. The minimum Gasteiger partial charge on any atom is -0.480 e. The third-order valence-electron chi connectivity index (χ3n) is 17.2. The van der Waals surface area contributed by atoms with Crippen molar-refractivity contribution in [3.8, 4) is 0 Å². The first-order chi connectivity index (χ1) is 43.9. The van der Waals surface area contributed by atoms with Gasteiger partial charge in [0.05, 0.1) is 45.7 Å². The number of hydrogen-bond donors (Lipinski definition) is 23. The van der Waals surface area contributed by atoms with Gasteiger partial charge >= 0.3 is 5.97 Å². The molecule has 39 nitrogen and oxygen atoms in total. The number of hydrogen-bond acceptors (Lipinski definition) is 37. The van der Waals surface area contributed by atoms with Gasteiger partial charge in [-0.2, -0.15) is 0 Å². The van der Waals surface area contributed by atoms with Crippen LogP contribution in [-0.4, -0.2) is 393 Å². The van der Waals surface area contributed by atoms with Crippen molar-refractivity contribution in [2.24, 2.45) is 0 Å². The van der Waals surface area contributed by atoms with Crippen LogP contribution in [-0.2, 0) is 82.3 Å². The molecular formula is C53H82N2O37. The summed E-state index contributed by atoms with van der Waals surface area (Å²) in [6.45, 7) is -8.01. The summed E-state index contributed by atoms with van der Waals surface area (Å²) in [5, 5.41) is 239. The Kier molecular flexibility index (Phi) is 25.4. The number of nitrogens with one attached hydrogen (secondary N) is 2. The van der Waals surface area contributed by atoms with Crippen LogP contribution in [0.1, 0.15) is 5.56 Å². The fourth-order valence-electron chi connectivity index (χ4n) is 12.1. The normalized spacial score (nSPS) is 48.5. The highest BCUT2D eigenvalue weighted by Gasteiger charge is 2.60. The molecule has 36 atom stereocenters. The van der Waals surface area contributed by atoms with E-state index >= 15 is 0 Å². The number of aliphatic carboxylic acids is 1. The van der Waals surface area contributed by atoms with Gasteiger partial charge in [0.25, 0.3) is 0 Å². The first-order valence-electron chi connectivity index (χ1n) is 29.5. The Morgan fingerprint density at radius 3 is 0.793 bits per heavy atom. The molecule has 0 spiro atoms. The fraction of sp³-hybridized carbons (Fsp3) is 0.849. The van der Waals surface area contributed by atoms with Crippen LogP contribution in [0.3, 0.4) is 0 Å². The lowest BCUT2D eigenvalue weighted by molar-refractivity contribution is -0.396. The van der Waals surface area contributed by atoms with Gasteiger partial charge in [0.15, 0.2) is 44.0 Å². The maximum absolute atomic E-state index is 13.6. The SMILES string of the molecule is O=C(O)CNC(=O)[C@H](Cc1ccccc1)NC[C@H]1O[C@@H]2O[C@H]3[C@H](O)[C@H](O)[C@@H](O[C@H]4[C@H](O)[C@H](O)[C@@H](O[C@H]5[C@H](O)[C@@H](O)[C@@H](O[C@H]6[C@H](O)[C@@H](O)[C@@H](O[C@H]7[C@H](O)[C@@H](O)[C@@H](O[C@H]8[C@H](O)[C@@H](O)[C@@H](O[C@H]1[C@H](O)[C@H]2O)O[C@@H]8CO)O[C@@H]7CO)O[C@@H]6CO)O[C@@H]5CO)O[C@@H]4CO)O[C@@H]3CO. The summed E-state index contributed by atoms with van der Waals surface area (Å²) in [5.74, 6) is -2.28. The molecule has 0 unspecified atom stereocenters. The van der Waals surface area contributed by atoms with E-state index in [1.807, 2.05) is 0 Å². The molecule has 92 heavy (non-hydrogen) atoms. The van der Waals surface area contributed by atoms with Gasteiger partial charge in [-0.1, -0.05) is 30.3 Å². The zero-order valence-electron chi connectivity index (χ0n) is 48.5. The van der Waals surface area contributed by atoms with Gasteiger partial charge in [-0.15, -0.1) is 0 Å². The fourth-order valence-corrected chi connectivity index (χ4v) is 12.1. The Bertz CT molecular complexity index is 2460. The molecule has 0 aromatic heterocycles. The summed E-state index contributed by atoms with van der Waals surface area (Å²) in [6, 6.07) is 6.92. The second kappa shape index (κ2) is 32.0. The highest BCUT2D eigenvalue weighted by molar-refractivity contribution is 5.85. The monoisotopic (exact) mass is 1340 g/mol. The maximum Gasteiger partial charge on any atom is 0.322 e. The number of carboxylic acid groups (broad SMARTS) is 1. The van der Waals surface area contributed by atoms with Crippen molar-refractivity contribution in [1.82, 2.24) is 10.6 Å². The Hall–Kier alpha value is -3.24. The van der Waals surface area contributed by atoms with Crippen LogP contribution in [0.2, 0.25) is 0 Å². The first kappa shape index (κ1) is 73.0. The maximum atomic E-state index is 13.6. The number of aliphatic hydroxyl groups excluding tert-OH is 20. The molecule has 0 saturated carbocycles. The lowest BCUT2D eigenvalue weighted by Crippen LogP contribution is -2.68. The molecule has 22 rings (SSSR count). The van der Waals surface area contributed by atoms with Gasteiger partial charge in [-0.05, 0) is 12.0 Å². The Balaban J connectivity index is 1.03. The topological polar surface area (TPSA) is 612 Å². The molecule has 0 radical (unpaired) electrons. The van der Waals surface area contributed by atoms with E-state index in [0.29, 0.717) is 5.56 Å². The van der Waals surface area contributed by atoms with E-state index < -0.39 is 286 Å². The summed E-state index contributed by atoms with van der Waals surface area (Å²) in [4.78, 5) is 25.1. The average molecular weight is 1340 g/mol. The highest BCUT2D eigenvalue weighted by atomic mass is 16.8. The number of aliphatic hydroxyl groups is 20. The zero-order chi connectivity index (χ0) is 66.7. The molecule has 21 aliphatic rings.